The van der Waals surface area contributed by atoms with Crippen molar-refractivity contribution in [1.82, 2.24) is 9.88 Å². The van der Waals surface area contributed by atoms with Crippen LogP contribution in [-0.2, 0) is 11.3 Å². The summed E-state index contributed by atoms with van der Waals surface area (Å²) >= 11 is 0. The molecule has 0 spiro atoms. The maximum atomic E-state index is 13.5. The fraction of sp³-hybridized carbons (Fsp3) is 0.263. The first-order chi connectivity index (χ1) is 12.9. The lowest BCUT2D eigenvalue weighted by Crippen LogP contribution is -2.37. The number of fused-ring (bicyclic) bond motifs is 1. The number of rotatable bonds is 7. The number of hydrogen-bond acceptors (Lipinski definition) is 4. The number of carbonyl (C=O) groups excluding carboxylic acids is 1. The first-order valence-corrected chi connectivity index (χ1v) is 8.39. The predicted octanol–water partition coefficient (Wildman–Crippen LogP) is 2.85. The van der Waals surface area contributed by atoms with Crippen LogP contribution in [0, 0.1) is 11.6 Å². The third-order valence-corrected chi connectivity index (χ3v) is 3.93. The van der Waals surface area contributed by atoms with Crippen molar-refractivity contribution in [3.8, 4) is 5.75 Å². The van der Waals surface area contributed by atoms with Crippen molar-refractivity contribution in [3.05, 3.63) is 64.6 Å². The van der Waals surface area contributed by atoms with E-state index in [4.69, 9.17) is 9.15 Å². The minimum absolute atomic E-state index is 0.0167. The monoisotopic (exact) mass is 376 g/mol. The molecular formula is C19H18F2N2O4. The summed E-state index contributed by atoms with van der Waals surface area (Å²) < 4.78 is 38.1. The number of aryl methyl sites for hydroxylation is 1. The number of para-hydroxylation sites is 2. The van der Waals surface area contributed by atoms with E-state index in [9.17, 15) is 18.4 Å². The number of carbonyl (C=O) groups is 1. The number of nitrogens with one attached hydrogen (secondary N) is 1. The van der Waals surface area contributed by atoms with Gasteiger partial charge in [-0.2, -0.15) is 0 Å². The number of aromatic nitrogens is 1. The smallest absolute Gasteiger partial charge is 0.419 e. The predicted molar refractivity (Wildman–Crippen MR) is 94.5 cm³/mol. The maximum Gasteiger partial charge on any atom is 0.419 e. The van der Waals surface area contributed by atoms with Crippen LogP contribution in [0.3, 0.4) is 0 Å². The molecule has 1 N–H and O–H groups in total. The van der Waals surface area contributed by atoms with Gasteiger partial charge in [-0.05, 0) is 31.2 Å². The van der Waals surface area contributed by atoms with E-state index in [1.807, 2.05) is 0 Å². The average Bonchev–Trinajstić information content (AvgIpc) is 2.94. The molecule has 3 aromatic rings. The topological polar surface area (TPSA) is 73.5 Å². The molecule has 1 amide bonds. The number of hydrogen-bond donors (Lipinski definition) is 1. The average molecular weight is 376 g/mol. The molecule has 8 heteroatoms. The Morgan fingerprint density at radius 3 is 2.81 bits per heavy atom. The van der Waals surface area contributed by atoms with E-state index in [-0.39, 0.29) is 31.2 Å². The van der Waals surface area contributed by atoms with Crippen molar-refractivity contribution < 1.29 is 22.7 Å². The van der Waals surface area contributed by atoms with Crippen molar-refractivity contribution >= 4 is 17.0 Å². The lowest BCUT2D eigenvalue weighted by molar-refractivity contribution is -0.122. The van der Waals surface area contributed by atoms with E-state index in [0.29, 0.717) is 11.1 Å². The van der Waals surface area contributed by atoms with Gasteiger partial charge in [-0.3, -0.25) is 9.36 Å². The molecule has 1 unspecified atom stereocenters. The van der Waals surface area contributed by atoms with Gasteiger partial charge in [-0.1, -0.05) is 12.1 Å². The van der Waals surface area contributed by atoms with Crippen molar-refractivity contribution in [2.45, 2.75) is 25.9 Å². The van der Waals surface area contributed by atoms with Crippen molar-refractivity contribution in [1.29, 1.82) is 0 Å². The molecule has 0 saturated carbocycles. The largest absolute Gasteiger partial charge is 0.488 e. The van der Waals surface area contributed by atoms with Crippen LogP contribution in [0.15, 0.2) is 51.7 Å². The second kappa shape index (κ2) is 8.03. The molecule has 3 rings (SSSR count). The van der Waals surface area contributed by atoms with E-state index in [1.165, 1.54) is 10.6 Å². The van der Waals surface area contributed by atoms with Gasteiger partial charge in [0.25, 0.3) is 0 Å². The van der Waals surface area contributed by atoms with Crippen LogP contribution in [0.1, 0.15) is 13.3 Å². The van der Waals surface area contributed by atoms with Gasteiger partial charge in [0.05, 0.1) is 11.6 Å². The van der Waals surface area contributed by atoms with E-state index in [2.05, 4.69) is 5.32 Å². The Balaban J connectivity index is 1.51. The van der Waals surface area contributed by atoms with Crippen LogP contribution < -0.4 is 15.8 Å². The number of halogens is 2. The highest BCUT2D eigenvalue weighted by Gasteiger charge is 2.13. The molecule has 27 heavy (non-hydrogen) atoms. The van der Waals surface area contributed by atoms with Gasteiger partial charge in [-0.25, -0.2) is 13.6 Å². The number of ether oxygens (including phenoxy) is 1. The Hall–Kier alpha value is -3.16. The summed E-state index contributed by atoms with van der Waals surface area (Å²) in [4.78, 5) is 24.0. The molecule has 0 aliphatic heterocycles. The van der Waals surface area contributed by atoms with Gasteiger partial charge in [0, 0.05) is 19.0 Å². The zero-order chi connectivity index (χ0) is 19.4. The van der Waals surface area contributed by atoms with Gasteiger partial charge >= 0.3 is 5.76 Å². The maximum absolute atomic E-state index is 13.5. The van der Waals surface area contributed by atoms with Gasteiger partial charge in [-0.15, -0.1) is 0 Å². The minimum Gasteiger partial charge on any atom is -0.488 e. The number of oxazole rings is 1. The van der Waals surface area contributed by atoms with Gasteiger partial charge in [0.2, 0.25) is 5.91 Å². The molecule has 1 aromatic heterocycles. The summed E-state index contributed by atoms with van der Waals surface area (Å²) in [6.45, 7) is 1.88. The molecule has 1 atom stereocenters. The molecule has 0 saturated heterocycles. The summed E-state index contributed by atoms with van der Waals surface area (Å²) in [6, 6.07) is 9.57. The van der Waals surface area contributed by atoms with Crippen LogP contribution in [0.25, 0.3) is 11.1 Å². The fourth-order valence-electron chi connectivity index (χ4n) is 2.63. The van der Waals surface area contributed by atoms with Crippen LogP contribution >= 0.6 is 0 Å². The van der Waals surface area contributed by atoms with Gasteiger partial charge < -0.3 is 14.5 Å². The van der Waals surface area contributed by atoms with Crippen LogP contribution in [0.5, 0.6) is 5.75 Å². The Morgan fingerprint density at radius 1 is 1.26 bits per heavy atom. The quantitative estimate of drug-likeness (QED) is 0.688. The summed E-state index contributed by atoms with van der Waals surface area (Å²) in [6.07, 6.45) is 0.0681. The van der Waals surface area contributed by atoms with E-state index in [1.54, 1.807) is 31.2 Å². The Bertz CT molecular complexity index is 1010. The standard InChI is InChI=1S/C19H18F2N2O4/c1-12(11-26-16-7-6-13(20)10-14(16)21)22-18(24)8-9-23-15-4-2-3-5-17(15)27-19(23)25/h2-7,10,12H,8-9,11H2,1H3,(H,22,24). The van der Waals surface area contributed by atoms with Crippen LogP contribution in [-0.4, -0.2) is 23.1 Å². The minimum atomic E-state index is -0.806. The summed E-state index contributed by atoms with van der Waals surface area (Å²) in [5.74, 6) is -2.40. The zero-order valence-corrected chi connectivity index (χ0v) is 14.6. The van der Waals surface area contributed by atoms with Crippen LogP contribution in [0.2, 0.25) is 0 Å². The highest BCUT2D eigenvalue weighted by Crippen LogP contribution is 2.17. The van der Waals surface area contributed by atoms with Crippen molar-refractivity contribution in [3.63, 3.8) is 0 Å². The molecule has 0 radical (unpaired) electrons. The highest BCUT2D eigenvalue weighted by molar-refractivity contribution is 5.77. The summed E-state index contributed by atoms with van der Waals surface area (Å²) in [5.41, 5.74) is 1.09. The number of benzene rings is 2. The van der Waals surface area contributed by atoms with Gasteiger partial charge in [0.1, 0.15) is 12.4 Å². The lowest BCUT2D eigenvalue weighted by atomic mass is 10.3. The highest BCUT2D eigenvalue weighted by atomic mass is 19.1. The fourth-order valence-corrected chi connectivity index (χ4v) is 2.63. The van der Waals surface area contributed by atoms with Crippen molar-refractivity contribution in [2.75, 3.05) is 6.61 Å². The van der Waals surface area contributed by atoms with E-state index >= 15 is 0 Å². The second-order valence-electron chi connectivity index (χ2n) is 6.09. The molecule has 0 aliphatic rings. The first-order valence-electron chi connectivity index (χ1n) is 8.39. The molecule has 2 aromatic carbocycles. The summed E-state index contributed by atoms with van der Waals surface area (Å²) in [7, 11) is 0. The Morgan fingerprint density at radius 2 is 2.04 bits per heavy atom. The second-order valence-corrected chi connectivity index (χ2v) is 6.09. The van der Waals surface area contributed by atoms with Crippen LogP contribution in [0.4, 0.5) is 8.78 Å². The molecule has 142 valence electrons. The van der Waals surface area contributed by atoms with Gasteiger partial charge in [0.15, 0.2) is 17.1 Å². The Kier molecular flexibility index (Phi) is 5.54. The third kappa shape index (κ3) is 4.52. The zero-order valence-electron chi connectivity index (χ0n) is 14.6. The SMILES string of the molecule is CC(COc1ccc(F)cc1F)NC(=O)CCn1c(=O)oc2ccccc21. The first kappa shape index (κ1) is 18.6. The number of amides is 1. The molecule has 0 bridgehead atoms. The normalized spacial score (nSPS) is 12.1. The Labute approximate surface area is 153 Å². The molecule has 0 fully saturated rings. The molecule has 0 aliphatic carbocycles. The lowest BCUT2D eigenvalue weighted by Gasteiger charge is -2.15. The number of nitrogens with zero attached hydrogens (tertiary/aromatic N) is 1. The summed E-state index contributed by atoms with van der Waals surface area (Å²) in [5, 5.41) is 2.70. The third-order valence-electron chi connectivity index (χ3n) is 3.93. The molecule has 6 nitrogen and oxygen atoms in total. The van der Waals surface area contributed by atoms with E-state index in [0.717, 1.165) is 12.1 Å². The van der Waals surface area contributed by atoms with Crippen molar-refractivity contribution in [2.24, 2.45) is 0 Å². The molecule has 1 heterocycles. The molecular weight excluding hydrogens is 358 g/mol. The van der Waals surface area contributed by atoms with E-state index < -0.39 is 23.4 Å².